The molecule has 17 heavy (non-hydrogen) atoms. The van der Waals surface area contributed by atoms with Crippen molar-refractivity contribution in [2.24, 2.45) is 5.73 Å². The summed E-state index contributed by atoms with van der Waals surface area (Å²) in [5.74, 6) is -0.930. The van der Waals surface area contributed by atoms with E-state index in [0.717, 1.165) is 0 Å². The van der Waals surface area contributed by atoms with E-state index in [9.17, 15) is 13.2 Å². The predicted molar refractivity (Wildman–Crippen MR) is 60.0 cm³/mol. The molecule has 8 heteroatoms. The predicted octanol–water partition coefficient (Wildman–Crippen LogP) is -1.04. The van der Waals surface area contributed by atoms with Crippen LogP contribution in [-0.2, 0) is 26.1 Å². The Kier molecular flexibility index (Phi) is 5.01. The van der Waals surface area contributed by atoms with Gasteiger partial charge in [-0.2, -0.15) is 0 Å². The number of nitrogens with one attached hydrogen (secondary N) is 1. The second-order valence-electron chi connectivity index (χ2n) is 3.23. The normalized spacial score (nSPS) is 11.3. The maximum Gasteiger partial charge on any atom is 0.245 e. The number of hydrogen-bond donors (Lipinski definition) is 2. The summed E-state index contributed by atoms with van der Waals surface area (Å²) in [6.45, 7) is -0.497. The van der Waals surface area contributed by atoms with E-state index in [1.807, 2.05) is 0 Å². The molecule has 0 saturated heterocycles. The number of aryl methyl sites for hydroxylation is 1. The number of primary amides is 1. The number of carbonyl (C=O) groups excluding carboxylic acids is 1. The van der Waals surface area contributed by atoms with Gasteiger partial charge < -0.3 is 5.73 Å². The number of rotatable bonds is 7. The van der Waals surface area contributed by atoms with Crippen LogP contribution in [0.25, 0.3) is 0 Å². The molecule has 0 unspecified atom stereocenters. The highest BCUT2D eigenvalue weighted by Gasteiger charge is 2.11. The number of nitrogens with zero attached hydrogens (tertiary/aromatic N) is 1. The van der Waals surface area contributed by atoms with Gasteiger partial charge in [0, 0.05) is 18.3 Å². The van der Waals surface area contributed by atoms with E-state index in [0.29, 0.717) is 5.69 Å². The number of nitrogens with two attached hydrogens (primary N) is 1. The summed E-state index contributed by atoms with van der Waals surface area (Å²) in [6.07, 6.45) is 1.84. The third-order valence-electron chi connectivity index (χ3n) is 1.75. The van der Waals surface area contributed by atoms with E-state index in [1.54, 1.807) is 29.3 Å². The van der Waals surface area contributed by atoms with Crippen molar-refractivity contribution in [2.45, 2.75) is 6.42 Å². The first-order valence-electron chi connectivity index (χ1n) is 4.79. The molecule has 0 aliphatic carbocycles. The van der Waals surface area contributed by atoms with Crippen LogP contribution in [0.4, 0.5) is 0 Å². The minimum absolute atomic E-state index is 0.178. The number of aromatic nitrogens is 1. The molecule has 0 radical (unpaired) electrons. The lowest BCUT2D eigenvalue weighted by Crippen LogP contribution is -2.31. The van der Waals surface area contributed by atoms with Crippen molar-refractivity contribution >= 4 is 15.9 Å². The van der Waals surface area contributed by atoms with Crippen molar-refractivity contribution in [2.75, 3.05) is 12.4 Å². The molecule has 7 nitrogen and oxygen atoms in total. The van der Waals surface area contributed by atoms with Crippen LogP contribution >= 0.6 is 0 Å². The van der Waals surface area contributed by atoms with Crippen molar-refractivity contribution < 1.29 is 18.0 Å². The maximum absolute atomic E-state index is 11.4. The van der Waals surface area contributed by atoms with Gasteiger partial charge in [0.05, 0.1) is 5.75 Å². The van der Waals surface area contributed by atoms with Crippen molar-refractivity contribution in [3.05, 3.63) is 30.1 Å². The highest BCUT2D eigenvalue weighted by atomic mass is 32.2. The minimum atomic E-state index is -3.60. The van der Waals surface area contributed by atoms with Gasteiger partial charge in [-0.25, -0.2) is 8.42 Å². The highest BCUT2D eigenvalue weighted by molar-refractivity contribution is 7.89. The molecule has 0 bridgehead atoms. The van der Waals surface area contributed by atoms with E-state index < -0.39 is 22.5 Å². The number of carbonyl (C=O) groups is 1. The van der Waals surface area contributed by atoms with Gasteiger partial charge in [0.25, 0.3) is 0 Å². The van der Waals surface area contributed by atoms with Gasteiger partial charge in [0.2, 0.25) is 15.9 Å². The van der Waals surface area contributed by atoms with Gasteiger partial charge in [-0.1, -0.05) is 11.0 Å². The van der Waals surface area contributed by atoms with Crippen molar-refractivity contribution in [3.63, 3.8) is 0 Å². The van der Waals surface area contributed by atoms with Crippen molar-refractivity contribution in [1.29, 1.82) is 0 Å². The minimum Gasteiger partial charge on any atom is -0.368 e. The first-order chi connectivity index (χ1) is 7.99. The molecular formula is C9H13N3O4S. The molecule has 0 saturated carbocycles. The molecule has 1 amide bonds. The fourth-order valence-electron chi connectivity index (χ4n) is 1.02. The van der Waals surface area contributed by atoms with E-state index in [1.165, 1.54) is 0 Å². The third kappa shape index (κ3) is 5.95. The van der Waals surface area contributed by atoms with Gasteiger partial charge in [-0.3, -0.25) is 14.6 Å². The standard InChI is InChI=1S/C9H13N3O4S/c10-9(13)7-16-12-17(14,15)6-4-8-3-1-2-5-11-8/h1-3,5,12H,4,6-7H2,(H2,10,13). The topological polar surface area (TPSA) is 111 Å². The van der Waals surface area contributed by atoms with Gasteiger partial charge >= 0.3 is 0 Å². The Morgan fingerprint density at radius 1 is 1.47 bits per heavy atom. The number of hydrogen-bond acceptors (Lipinski definition) is 5. The van der Waals surface area contributed by atoms with Gasteiger partial charge in [0.15, 0.2) is 0 Å². The van der Waals surface area contributed by atoms with Crippen LogP contribution in [0, 0.1) is 0 Å². The molecule has 1 aromatic rings. The third-order valence-corrected chi connectivity index (χ3v) is 2.87. The molecule has 0 atom stereocenters. The van der Waals surface area contributed by atoms with Gasteiger partial charge in [-0.05, 0) is 12.1 Å². The summed E-state index contributed by atoms with van der Waals surface area (Å²) >= 11 is 0. The summed E-state index contributed by atoms with van der Waals surface area (Å²) in [6, 6.07) is 5.23. The van der Waals surface area contributed by atoms with Crippen molar-refractivity contribution in [3.8, 4) is 0 Å². The Hall–Kier alpha value is -1.51. The number of amides is 1. The average Bonchev–Trinajstić information content (AvgIpc) is 2.27. The SMILES string of the molecule is NC(=O)CONS(=O)(=O)CCc1ccccn1. The summed E-state index contributed by atoms with van der Waals surface area (Å²) in [5.41, 5.74) is 5.44. The molecule has 0 aliphatic heterocycles. The number of sulfonamides is 1. The second-order valence-corrected chi connectivity index (χ2v) is 5.03. The van der Waals surface area contributed by atoms with Crippen LogP contribution in [0.1, 0.15) is 5.69 Å². The summed E-state index contributed by atoms with van der Waals surface area (Å²) in [5, 5.41) is 0. The first-order valence-corrected chi connectivity index (χ1v) is 6.44. The van der Waals surface area contributed by atoms with Crippen LogP contribution in [-0.4, -0.2) is 31.7 Å². The molecule has 1 aromatic heterocycles. The average molecular weight is 259 g/mol. The van der Waals surface area contributed by atoms with Crippen LogP contribution in [0.3, 0.4) is 0 Å². The highest BCUT2D eigenvalue weighted by Crippen LogP contribution is 1.97. The van der Waals surface area contributed by atoms with Crippen LogP contribution in [0.15, 0.2) is 24.4 Å². The summed E-state index contributed by atoms with van der Waals surface area (Å²) in [7, 11) is -3.60. The van der Waals surface area contributed by atoms with Crippen LogP contribution < -0.4 is 10.6 Å². The Morgan fingerprint density at radius 2 is 2.24 bits per heavy atom. The lowest BCUT2D eigenvalue weighted by atomic mass is 10.3. The molecule has 94 valence electrons. The maximum atomic E-state index is 11.4. The van der Waals surface area contributed by atoms with E-state index in [4.69, 9.17) is 5.73 Å². The summed E-state index contributed by atoms with van der Waals surface area (Å²) < 4.78 is 22.7. The molecular weight excluding hydrogens is 246 g/mol. The Bertz CT molecular complexity index is 460. The number of pyridine rings is 1. The smallest absolute Gasteiger partial charge is 0.245 e. The van der Waals surface area contributed by atoms with Gasteiger partial charge in [0.1, 0.15) is 6.61 Å². The monoisotopic (exact) mass is 259 g/mol. The fourth-order valence-corrected chi connectivity index (χ4v) is 1.82. The molecule has 1 rings (SSSR count). The zero-order valence-corrected chi connectivity index (χ0v) is 9.81. The Morgan fingerprint density at radius 3 is 2.82 bits per heavy atom. The van der Waals surface area contributed by atoms with E-state index in [-0.39, 0.29) is 12.2 Å². The fraction of sp³-hybridized carbons (Fsp3) is 0.333. The molecule has 1 heterocycles. The van der Waals surface area contributed by atoms with Crippen LogP contribution in [0.2, 0.25) is 0 Å². The zero-order chi connectivity index (χ0) is 12.7. The lowest BCUT2D eigenvalue weighted by Gasteiger charge is -2.05. The summed E-state index contributed by atoms with van der Waals surface area (Å²) in [4.78, 5) is 20.5. The lowest BCUT2D eigenvalue weighted by molar-refractivity contribution is -0.123. The molecule has 3 N–H and O–H groups in total. The molecule has 0 aliphatic rings. The Balaban J connectivity index is 2.37. The van der Waals surface area contributed by atoms with E-state index in [2.05, 4.69) is 9.82 Å². The quantitative estimate of drug-likeness (QED) is 0.607. The molecule has 0 spiro atoms. The largest absolute Gasteiger partial charge is 0.368 e. The van der Waals surface area contributed by atoms with E-state index >= 15 is 0 Å². The molecule has 0 aromatic carbocycles. The van der Waals surface area contributed by atoms with Gasteiger partial charge in [-0.15, -0.1) is 0 Å². The molecule has 0 fully saturated rings. The van der Waals surface area contributed by atoms with Crippen LogP contribution in [0.5, 0.6) is 0 Å². The first kappa shape index (κ1) is 13.6. The second kappa shape index (κ2) is 6.28. The van der Waals surface area contributed by atoms with Crippen molar-refractivity contribution in [1.82, 2.24) is 9.87 Å². The Labute approximate surface area is 99.0 Å². The zero-order valence-electron chi connectivity index (χ0n) is 9.00.